The Morgan fingerprint density at radius 2 is 1.43 bits per heavy atom. The molecule has 1 saturated carbocycles. The van der Waals surface area contributed by atoms with Crippen LogP contribution in [0, 0.1) is 6.92 Å². The summed E-state index contributed by atoms with van der Waals surface area (Å²) in [7, 11) is 0. The van der Waals surface area contributed by atoms with Gasteiger partial charge in [0.05, 0.1) is 0 Å². The van der Waals surface area contributed by atoms with Crippen LogP contribution in [-0.4, -0.2) is 0 Å². The monoisotopic (exact) mass is 312 g/mol. The summed E-state index contributed by atoms with van der Waals surface area (Å²) in [5.41, 5.74) is 4.32. The molecule has 0 nitrogen and oxygen atoms in total. The summed E-state index contributed by atoms with van der Waals surface area (Å²) in [5.74, 6) is 0.890. The van der Waals surface area contributed by atoms with Crippen LogP contribution in [0.5, 0.6) is 0 Å². The lowest BCUT2D eigenvalue weighted by Gasteiger charge is -2.25. The van der Waals surface area contributed by atoms with Gasteiger partial charge >= 0.3 is 0 Å². The number of rotatable bonds is 2. The van der Waals surface area contributed by atoms with Gasteiger partial charge in [-0.3, -0.25) is 0 Å². The highest BCUT2D eigenvalue weighted by molar-refractivity contribution is 5.22. The second-order valence-corrected chi connectivity index (χ2v) is 5.38. The van der Waals surface area contributed by atoms with Crippen molar-refractivity contribution in [2.75, 3.05) is 0 Å². The highest BCUT2D eigenvalue weighted by Gasteiger charge is 2.18. The molecule has 3 rings (SSSR count). The molecule has 0 saturated heterocycles. The van der Waals surface area contributed by atoms with Crippen LogP contribution in [0.3, 0.4) is 0 Å². The molecule has 0 spiro atoms. The largest absolute Gasteiger partial charge is 0.0683 e. The minimum atomic E-state index is 0.890. The van der Waals surface area contributed by atoms with Gasteiger partial charge in [-0.15, -0.1) is 0 Å². The summed E-state index contributed by atoms with van der Waals surface area (Å²) >= 11 is 0. The quantitative estimate of drug-likeness (QED) is 0.536. The minimum absolute atomic E-state index is 0.890. The Balaban J connectivity index is 0.000000349. The third-order valence-corrected chi connectivity index (χ3v) is 3.87. The van der Waals surface area contributed by atoms with E-state index in [9.17, 15) is 0 Å². The van der Waals surface area contributed by atoms with Gasteiger partial charge in [0, 0.05) is 0 Å². The number of aryl methyl sites for hydroxylation is 2. The highest BCUT2D eigenvalue weighted by atomic mass is 14.2. The molecular formula is C23H36. The normalized spacial score (nSPS) is 12.3. The zero-order valence-electron chi connectivity index (χ0n) is 16.1. The summed E-state index contributed by atoms with van der Waals surface area (Å²) in [6.45, 7) is 12.3. The molecule has 1 fully saturated rings. The average molecular weight is 313 g/mol. The van der Waals surface area contributed by atoms with Gasteiger partial charge in [0.15, 0.2) is 0 Å². The summed E-state index contributed by atoms with van der Waals surface area (Å²) in [4.78, 5) is 0. The van der Waals surface area contributed by atoms with Gasteiger partial charge in [-0.1, -0.05) is 101 Å². The number of benzene rings is 2. The van der Waals surface area contributed by atoms with Crippen LogP contribution in [-0.2, 0) is 6.42 Å². The summed E-state index contributed by atoms with van der Waals surface area (Å²) in [5, 5.41) is 0. The van der Waals surface area contributed by atoms with Crippen LogP contribution < -0.4 is 0 Å². The maximum Gasteiger partial charge on any atom is -0.0162 e. The van der Waals surface area contributed by atoms with Gasteiger partial charge in [0.1, 0.15) is 0 Å². The van der Waals surface area contributed by atoms with E-state index in [1.807, 2.05) is 27.7 Å². The van der Waals surface area contributed by atoms with E-state index in [4.69, 9.17) is 0 Å². The zero-order chi connectivity index (χ0) is 17.5. The molecule has 128 valence electrons. The lowest BCUT2D eigenvalue weighted by Crippen LogP contribution is -2.07. The minimum Gasteiger partial charge on any atom is -0.0683 e. The maximum atomic E-state index is 2.24. The van der Waals surface area contributed by atoms with E-state index >= 15 is 0 Å². The Labute approximate surface area is 145 Å². The van der Waals surface area contributed by atoms with E-state index in [0.717, 1.165) is 12.3 Å². The number of hydrogen-bond donors (Lipinski definition) is 0. The lowest BCUT2D eigenvalue weighted by molar-refractivity contribution is 0.420. The highest BCUT2D eigenvalue weighted by Crippen LogP contribution is 2.35. The Morgan fingerprint density at radius 1 is 0.826 bits per heavy atom. The van der Waals surface area contributed by atoms with E-state index < -0.39 is 0 Å². The second kappa shape index (κ2) is 14.1. The van der Waals surface area contributed by atoms with Crippen molar-refractivity contribution < 1.29 is 0 Å². The molecule has 1 aliphatic rings. The molecule has 0 aliphatic heterocycles. The van der Waals surface area contributed by atoms with Crippen LogP contribution in [0.15, 0.2) is 54.6 Å². The van der Waals surface area contributed by atoms with Gasteiger partial charge in [-0.25, -0.2) is 0 Å². The predicted molar refractivity (Wildman–Crippen MR) is 106 cm³/mol. The van der Waals surface area contributed by atoms with Crippen LogP contribution in [0.4, 0.5) is 0 Å². The first-order valence-electron chi connectivity index (χ1n) is 9.40. The molecule has 0 amide bonds. The van der Waals surface area contributed by atoms with Gasteiger partial charge in [0.2, 0.25) is 0 Å². The van der Waals surface area contributed by atoms with Crippen molar-refractivity contribution in [1.29, 1.82) is 0 Å². The molecular weight excluding hydrogens is 276 g/mol. The van der Waals surface area contributed by atoms with Crippen molar-refractivity contribution in [3.63, 3.8) is 0 Å². The predicted octanol–water partition coefficient (Wildman–Crippen LogP) is 7.56. The van der Waals surface area contributed by atoms with Crippen molar-refractivity contribution >= 4 is 0 Å². The smallest absolute Gasteiger partial charge is 0.0162 e. The third-order valence-electron chi connectivity index (χ3n) is 3.87. The van der Waals surface area contributed by atoms with Gasteiger partial charge in [-0.2, -0.15) is 0 Å². The molecule has 1 aliphatic carbocycles. The first-order valence-corrected chi connectivity index (χ1v) is 9.40. The molecule has 0 bridgehead atoms. The molecule has 0 unspecified atom stereocenters. The fourth-order valence-corrected chi connectivity index (χ4v) is 2.40. The van der Waals surface area contributed by atoms with Gasteiger partial charge in [0.25, 0.3) is 0 Å². The van der Waals surface area contributed by atoms with E-state index in [1.165, 1.54) is 36.0 Å². The van der Waals surface area contributed by atoms with Crippen LogP contribution in [0.25, 0.3) is 0 Å². The molecule has 0 heterocycles. The topological polar surface area (TPSA) is 0 Å². The van der Waals surface area contributed by atoms with Crippen molar-refractivity contribution in [3.05, 3.63) is 71.3 Å². The molecule has 0 heteroatoms. The SMILES string of the molecule is CC.CC.CCc1cccc(C)c1.c1ccc(C2CCC2)cc1. The van der Waals surface area contributed by atoms with E-state index in [1.54, 1.807) is 0 Å². The lowest BCUT2D eigenvalue weighted by atomic mass is 9.80. The van der Waals surface area contributed by atoms with Crippen molar-refractivity contribution in [1.82, 2.24) is 0 Å². The van der Waals surface area contributed by atoms with Crippen molar-refractivity contribution in [2.24, 2.45) is 0 Å². The van der Waals surface area contributed by atoms with Gasteiger partial charge in [-0.05, 0) is 43.2 Å². The molecule has 2 aromatic rings. The number of hydrogen-bond acceptors (Lipinski definition) is 0. The summed E-state index contributed by atoms with van der Waals surface area (Å²) in [6, 6.07) is 19.4. The van der Waals surface area contributed by atoms with Crippen LogP contribution in [0.2, 0.25) is 0 Å². The van der Waals surface area contributed by atoms with E-state index in [2.05, 4.69) is 68.4 Å². The van der Waals surface area contributed by atoms with Crippen molar-refractivity contribution in [3.8, 4) is 0 Å². The van der Waals surface area contributed by atoms with Crippen LogP contribution in [0.1, 0.15) is 76.5 Å². The summed E-state index contributed by atoms with van der Waals surface area (Å²) < 4.78 is 0. The average Bonchev–Trinajstić information content (AvgIpc) is 2.58. The van der Waals surface area contributed by atoms with Crippen molar-refractivity contribution in [2.45, 2.75) is 73.1 Å². The standard InChI is InChI=1S/C10H12.C9H12.2C2H6/c1-2-5-9(6-3-1)10-7-4-8-10;1-3-9-6-4-5-8(2)7-9;2*1-2/h1-3,5-6,10H,4,7-8H2;4-7H,3H2,1-2H3;2*1-2H3. The van der Waals surface area contributed by atoms with Gasteiger partial charge < -0.3 is 0 Å². The molecule has 0 N–H and O–H groups in total. The molecule has 0 atom stereocenters. The zero-order valence-corrected chi connectivity index (χ0v) is 16.1. The molecule has 0 aromatic heterocycles. The molecule has 0 radical (unpaired) electrons. The van der Waals surface area contributed by atoms with E-state index in [-0.39, 0.29) is 0 Å². The Kier molecular flexibility index (Phi) is 13.1. The molecule has 23 heavy (non-hydrogen) atoms. The Bertz CT molecular complexity index is 480. The maximum absolute atomic E-state index is 2.24. The fraction of sp³-hybridized carbons (Fsp3) is 0.478. The molecule has 2 aromatic carbocycles. The summed E-state index contributed by atoms with van der Waals surface area (Å²) in [6.07, 6.45) is 5.38. The Morgan fingerprint density at radius 3 is 1.83 bits per heavy atom. The second-order valence-electron chi connectivity index (χ2n) is 5.38. The fourth-order valence-electron chi connectivity index (χ4n) is 2.40. The third kappa shape index (κ3) is 8.59. The van der Waals surface area contributed by atoms with Crippen LogP contribution >= 0.6 is 0 Å². The Hall–Kier alpha value is -1.56. The van der Waals surface area contributed by atoms with E-state index in [0.29, 0.717) is 0 Å². The first kappa shape index (κ1) is 21.4. The first-order chi connectivity index (χ1) is 11.3.